The van der Waals surface area contributed by atoms with Crippen molar-refractivity contribution in [2.75, 3.05) is 13.7 Å². The van der Waals surface area contributed by atoms with Gasteiger partial charge in [-0.15, -0.1) is 5.10 Å². The van der Waals surface area contributed by atoms with Crippen LogP contribution in [0.15, 0.2) is 67.1 Å². The molecule has 1 N–H and O–H groups in total. The average molecular weight is 376 g/mol. The molecule has 2 aromatic carbocycles. The molecule has 8 nitrogen and oxygen atoms in total. The molecule has 0 spiro atoms. The summed E-state index contributed by atoms with van der Waals surface area (Å²) in [5.41, 5.74) is 1.92. The molecule has 0 radical (unpaired) electrons. The van der Waals surface area contributed by atoms with Crippen molar-refractivity contribution >= 4 is 16.8 Å². The molecule has 4 rings (SSSR count). The fraction of sp³-hybridized carbons (Fsp3) is 0.200. The number of nitrogens with one attached hydrogen (secondary N) is 1. The second-order valence-electron chi connectivity index (χ2n) is 6.33. The Labute approximate surface area is 161 Å². The smallest absolute Gasteiger partial charge is 0.249 e. The third kappa shape index (κ3) is 3.57. The van der Waals surface area contributed by atoms with Gasteiger partial charge in [0.2, 0.25) is 5.91 Å². The molecule has 4 aromatic rings. The lowest BCUT2D eigenvalue weighted by atomic mass is 10.1. The van der Waals surface area contributed by atoms with Crippen molar-refractivity contribution in [1.29, 1.82) is 0 Å². The lowest BCUT2D eigenvalue weighted by Gasteiger charge is -2.17. The normalized spacial score (nSPS) is 12.0. The molecule has 0 bridgehead atoms. The fourth-order valence-electron chi connectivity index (χ4n) is 3.24. The molecular weight excluding hydrogens is 356 g/mol. The van der Waals surface area contributed by atoms with Crippen LogP contribution in [0.25, 0.3) is 10.9 Å². The molecule has 0 saturated heterocycles. The van der Waals surface area contributed by atoms with E-state index in [4.69, 9.17) is 4.74 Å². The predicted octanol–water partition coefficient (Wildman–Crippen LogP) is 2.04. The number of hydrogen-bond acceptors (Lipinski definition) is 5. The Balaban J connectivity index is 1.46. The first-order valence-electron chi connectivity index (χ1n) is 8.94. The molecule has 0 aliphatic rings. The number of benzene rings is 2. The van der Waals surface area contributed by atoms with Gasteiger partial charge in [-0.3, -0.25) is 4.79 Å². The van der Waals surface area contributed by atoms with Gasteiger partial charge in [0.15, 0.2) is 6.04 Å². The predicted molar refractivity (Wildman–Crippen MR) is 104 cm³/mol. The molecule has 28 heavy (non-hydrogen) atoms. The first-order chi connectivity index (χ1) is 13.8. The number of carbonyl (C=O) groups excluding carboxylic acids is 1. The number of amides is 1. The van der Waals surface area contributed by atoms with E-state index < -0.39 is 6.04 Å². The summed E-state index contributed by atoms with van der Waals surface area (Å²) in [7, 11) is 1.65. The molecule has 2 heterocycles. The zero-order valence-electron chi connectivity index (χ0n) is 15.4. The highest BCUT2D eigenvalue weighted by molar-refractivity contribution is 5.83. The van der Waals surface area contributed by atoms with Crippen LogP contribution in [0.3, 0.4) is 0 Å². The van der Waals surface area contributed by atoms with E-state index in [2.05, 4.69) is 25.4 Å². The van der Waals surface area contributed by atoms with Gasteiger partial charge < -0.3 is 14.6 Å². The molecule has 0 saturated carbocycles. The highest BCUT2D eigenvalue weighted by Crippen LogP contribution is 2.22. The third-order valence-corrected chi connectivity index (χ3v) is 4.62. The molecule has 1 atom stereocenters. The van der Waals surface area contributed by atoms with Gasteiger partial charge in [0, 0.05) is 30.2 Å². The zero-order chi connectivity index (χ0) is 19.3. The highest BCUT2D eigenvalue weighted by atomic mass is 16.5. The summed E-state index contributed by atoms with van der Waals surface area (Å²) in [6, 6.07) is 16.8. The average Bonchev–Trinajstić information content (AvgIpc) is 3.39. The third-order valence-electron chi connectivity index (χ3n) is 4.62. The van der Waals surface area contributed by atoms with Gasteiger partial charge >= 0.3 is 0 Å². The summed E-state index contributed by atoms with van der Waals surface area (Å²) < 4.78 is 8.82. The van der Waals surface area contributed by atoms with E-state index in [0.29, 0.717) is 13.1 Å². The Bertz CT molecular complexity index is 1060. The number of methoxy groups -OCH3 is 1. The van der Waals surface area contributed by atoms with E-state index in [0.717, 1.165) is 22.2 Å². The minimum Gasteiger partial charge on any atom is -0.497 e. The van der Waals surface area contributed by atoms with Crippen LogP contribution < -0.4 is 10.1 Å². The minimum absolute atomic E-state index is 0.156. The molecule has 1 unspecified atom stereocenters. The van der Waals surface area contributed by atoms with Crippen LogP contribution in [-0.4, -0.2) is 44.3 Å². The van der Waals surface area contributed by atoms with E-state index in [9.17, 15) is 4.79 Å². The van der Waals surface area contributed by atoms with E-state index in [-0.39, 0.29) is 5.91 Å². The Kier molecular flexibility index (Phi) is 5.01. The maximum absolute atomic E-state index is 12.9. The van der Waals surface area contributed by atoms with Gasteiger partial charge in [0.25, 0.3) is 0 Å². The number of tetrazole rings is 1. The van der Waals surface area contributed by atoms with Gasteiger partial charge in [-0.25, -0.2) is 4.68 Å². The second kappa shape index (κ2) is 7.91. The summed E-state index contributed by atoms with van der Waals surface area (Å²) in [6.45, 7) is 1.14. The van der Waals surface area contributed by atoms with Crippen LogP contribution >= 0.6 is 0 Å². The van der Waals surface area contributed by atoms with Gasteiger partial charge in [-0.1, -0.05) is 30.3 Å². The van der Waals surface area contributed by atoms with Crippen LogP contribution in [0.1, 0.15) is 11.6 Å². The fourth-order valence-corrected chi connectivity index (χ4v) is 3.24. The number of carbonyl (C=O) groups is 1. The molecule has 0 aliphatic carbocycles. The largest absolute Gasteiger partial charge is 0.497 e. The van der Waals surface area contributed by atoms with Gasteiger partial charge in [0.1, 0.15) is 12.1 Å². The van der Waals surface area contributed by atoms with E-state index >= 15 is 0 Å². The maximum Gasteiger partial charge on any atom is 0.249 e. The van der Waals surface area contributed by atoms with Crippen molar-refractivity contribution in [2.24, 2.45) is 0 Å². The first kappa shape index (κ1) is 17.7. The monoisotopic (exact) mass is 376 g/mol. The van der Waals surface area contributed by atoms with Crippen molar-refractivity contribution in [2.45, 2.75) is 12.6 Å². The summed E-state index contributed by atoms with van der Waals surface area (Å²) in [4.78, 5) is 12.9. The molecule has 0 fully saturated rings. The molecule has 142 valence electrons. The summed E-state index contributed by atoms with van der Waals surface area (Å²) >= 11 is 0. The second-order valence-corrected chi connectivity index (χ2v) is 6.33. The Morgan fingerprint density at radius 1 is 1.18 bits per heavy atom. The molecule has 8 heteroatoms. The summed E-state index contributed by atoms with van der Waals surface area (Å²) in [5, 5.41) is 15.3. The standard InChI is InChI=1S/C20H20N6O2/c1-28-17-7-8-18-16(13-17)9-11-25(18)12-10-21-20(27)19(26-14-22-23-24-26)15-5-3-2-4-6-15/h2-9,11,13-14,19H,10,12H2,1H3,(H,21,27). The van der Waals surface area contributed by atoms with Crippen molar-refractivity contribution in [3.8, 4) is 5.75 Å². The Morgan fingerprint density at radius 2 is 2.04 bits per heavy atom. The highest BCUT2D eigenvalue weighted by Gasteiger charge is 2.23. The van der Waals surface area contributed by atoms with E-state index in [1.165, 1.54) is 11.0 Å². The maximum atomic E-state index is 12.9. The van der Waals surface area contributed by atoms with Crippen molar-refractivity contribution in [3.63, 3.8) is 0 Å². The first-order valence-corrected chi connectivity index (χ1v) is 8.94. The van der Waals surface area contributed by atoms with Crippen LogP contribution in [0.2, 0.25) is 0 Å². The number of nitrogens with zero attached hydrogens (tertiary/aromatic N) is 5. The number of rotatable bonds is 7. The molecular formula is C20H20N6O2. The topological polar surface area (TPSA) is 86.9 Å². The Hall–Kier alpha value is -3.68. The minimum atomic E-state index is -0.609. The molecule has 0 aliphatic heterocycles. The van der Waals surface area contributed by atoms with Gasteiger partial charge in [0.05, 0.1) is 7.11 Å². The Morgan fingerprint density at radius 3 is 2.79 bits per heavy atom. The lowest BCUT2D eigenvalue weighted by molar-refractivity contribution is -0.123. The van der Waals surface area contributed by atoms with Crippen molar-refractivity contribution in [3.05, 3.63) is 72.7 Å². The lowest BCUT2D eigenvalue weighted by Crippen LogP contribution is -2.35. The number of hydrogen-bond donors (Lipinski definition) is 1. The van der Waals surface area contributed by atoms with E-state index in [1.807, 2.05) is 60.8 Å². The van der Waals surface area contributed by atoms with Crippen molar-refractivity contribution in [1.82, 2.24) is 30.1 Å². The molecule has 1 amide bonds. The van der Waals surface area contributed by atoms with E-state index in [1.54, 1.807) is 7.11 Å². The van der Waals surface area contributed by atoms with Crippen molar-refractivity contribution < 1.29 is 9.53 Å². The van der Waals surface area contributed by atoms with Crippen LogP contribution in [0.5, 0.6) is 5.75 Å². The molecule has 2 aromatic heterocycles. The number of aromatic nitrogens is 5. The quantitative estimate of drug-likeness (QED) is 0.533. The summed E-state index contributed by atoms with van der Waals surface area (Å²) in [6.07, 6.45) is 3.45. The van der Waals surface area contributed by atoms with Gasteiger partial charge in [-0.2, -0.15) is 0 Å². The van der Waals surface area contributed by atoms with Crippen LogP contribution in [0, 0.1) is 0 Å². The summed E-state index contributed by atoms with van der Waals surface area (Å²) in [5.74, 6) is 0.669. The van der Waals surface area contributed by atoms with Crippen LogP contribution in [0.4, 0.5) is 0 Å². The zero-order valence-corrected chi connectivity index (χ0v) is 15.4. The number of fused-ring (bicyclic) bond motifs is 1. The van der Waals surface area contributed by atoms with Crippen LogP contribution in [-0.2, 0) is 11.3 Å². The number of ether oxygens (including phenoxy) is 1. The SMILES string of the molecule is COc1ccc2c(ccn2CCNC(=O)C(c2ccccc2)n2cnnn2)c1. The van der Waals surface area contributed by atoms with Gasteiger partial charge in [-0.05, 0) is 40.3 Å².